The van der Waals surface area contributed by atoms with Crippen LogP contribution < -0.4 is 11.4 Å². The van der Waals surface area contributed by atoms with Gasteiger partial charge in [-0.2, -0.15) is 0 Å². The predicted molar refractivity (Wildman–Crippen MR) is 61.9 cm³/mol. The minimum atomic E-state index is -1.30. The maximum atomic E-state index is 12.7. The van der Waals surface area contributed by atoms with Crippen LogP contribution in [0.2, 0.25) is 0 Å². The summed E-state index contributed by atoms with van der Waals surface area (Å²) in [5.74, 6) is -1.90. The van der Waals surface area contributed by atoms with Crippen molar-refractivity contribution in [2.24, 2.45) is 0 Å². The average molecular weight is 251 g/mol. The number of imidazole rings is 1. The van der Waals surface area contributed by atoms with Crippen LogP contribution in [-0.2, 0) is 6.54 Å². The largest absolute Gasteiger partial charge is 0.476 e. The number of carboxylic acids is 1. The molecule has 0 saturated heterocycles. The Kier molecular flexibility index (Phi) is 2.88. The summed E-state index contributed by atoms with van der Waals surface area (Å²) in [7, 11) is 0. The maximum absolute atomic E-state index is 12.7. The lowest BCUT2D eigenvalue weighted by Crippen LogP contribution is -2.21. The van der Waals surface area contributed by atoms with Crippen LogP contribution in [0.5, 0.6) is 0 Å². The van der Waals surface area contributed by atoms with Gasteiger partial charge in [-0.05, 0) is 17.7 Å². The number of anilines is 1. The molecular weight excluding hydrogens is 241 g/mol. The van der Waals surface area contributed by atoms with E-state index < -0.39 is 17.5 Å². The molecule has 6 nitrogen and oxygen atoms in total. The second kappa shape index (κ2) is 4.36. The van der Waals surface area contributed by atoms with Crippen molar-refractivity contribution < 1.29 is 14.3 Å². The fraction of sp³-hybridized carbons (Fsp3) is 0.0909. The first-order valence-electron chi connectivity index (χ1n) is 5.05. The number of benzene rings is 1. The molecule has 0 aliphatic rings. The van der Waals surface area contributed by atoms with Gasteiger partial charge in [0.15, 0.2) is 5.69 Å². The van der Waals surface area contributed by atoms with Gasteiger partial charge in [0, 0.05) is 0 Å². The highest BCUT2D eigenvalue weighted by molar-refractivity contribution is 5.90. The van der Waals surface area contributed by atoms with Crippen LogP contribution in [-0.4, -0.2) is 20.6 Å². The molecule has 0 unspecified atom stereocenters. The summed E-state index contributed by atoms with van der Waals surface area (Å²) in [4.78, 5) is 24.7. The summed E-state index contributed by atoms with van der Waals surface area (Å²) in [6.45, 7) is 0.00838. The van der Waals surface area contributed by atoms with Gasteiger partial charge in [0.1, 0.15) is 11.6 Å². The van der Waals surface area contributed by atoms with Crippen LogP contribution in [0.3, 0.4) is 0 Å². The lowest BCUT2D eigenvalue weighted by atomic mass is 10.2. The zero-order chi connectivity index (χ0) is 13.3. The molecule has 94 valence electrons. The smallest absolute Gasteiger partial charge is 0.356 e. The number of hydrogen-bond donors (Lipinski definition) is 3. The van der Waals surface area contributed by atoms with E-state index in [-0.39, 0.29) is 18.1 Å². The quantitative estimate of drug-likeness (QED) is 0.745. The number of nitrogen functional groups attached to an aromatic ring is 1. The number of aromatic nitrogens is 2. The highest BCUT2D eigenvalue weighted by Gasteiger charge is 2.18. The van der Waals surface area contributed by atoms with Gasteiger partial charge in [0.05, 0.1) is 6.54 Å². The van der Waals surface area contributed by atoms with Crippen LogP contribution >= 0.6 is 0 Å². The van der Waals surface area contributed by atoms with E-state index in [9.17, 15) is 14.0 Å². The predicted octanol–water partition coefficient (Wildman–Crippen LogP) is 0.644. The number of H-pyrrole nitrogens is 1. The van der Waals surface area contributed by atoms with E-state index in [0.29, 0.717) is 5.56 Å². The van der Waals surface area contributed by atoms with Crippen molar-refractivity contribution in [3.63, 3.8) is 0 Å². The molecule has 0 fully saturated rings. The topological polar surface area (TPSA) is 101 Å². The summed E-state index contributed by atoms with van der Waals surface area (Å²) in [6.07, 6.45) is 0. The number of nitrogens with one attached hydrogen (secondary N) is 1. The Hall–Kier alpha value is -2.57. The van der Waals surface area contributed by atoms with Gasteiger partial charge in [-0.3, -0.25) is 9.55 Å². The van der Waals surface area contributed by atoms with Crippen molar-refractivity contribution in [1.82, 2.24) is 9.55 Å². The van der Waals surface area contributed by atoms with E-state index in [1.54, 1.807) is 0 Å². The van der Waals surface area contributed by atoms with Crippen molar-refractivity contribution in [3.8, 4) is 0 Å². The Labute approximate surface area is 100 Å². The molecule has 2 aromatic rings. The lowest BCUT2D eigenvalue weighted by Gasteiger charge is -2.04. The van der Waals surface area contributed by atoms with Crippen LogP contribution in [0.1, 0.15) is 16.1 Å². The van der Waals surface area contributed by atoms with Crippen LogP contribution in [0.25, 0.3) is 0 Å². The van der Waals surface area contributed by atoms with E-state index in [4.69, 9.17) is 10.8 Å². The maximum Gasteiger partial charge on any atom is 0.356 e. The zero-order valence-corrected chi connectivity index (χ0v) is 9.18. The molecular formula is C11H10FN3O3. The van der Waals surface area contributed by atoms with E-state index in [0.717, 1.165) is 4.57 Å². The number of carboxylic acid groups (broad SMARTS) is 1. The molecule has 1 aromatic carbocycles. The van der Waals surface area contributed by atoms with Crippen molar-refractivity contribution in [2.75, 3.05) is 5.73 Å². The Bertz CT molecular complexity index is 643. The van der Waals surface area contributed by atoms with Crippen LogP contribution in [0, 0.1) is 5.82 Å². The molecule has 0 aliphatic carbocycles. The van der Waals surface area contributed by atoms with Crippen molar-refractivity contribution in [2.45, 2.75) is 6.54 Å². The van der Waals surface area contributed by atoms with E-state index in [1.165, 1.54) is 24.3 Å². The molecule has 0 atom stereocenters. The molecule has 0 saturated carbocycles. The first kappa shape index (κ1) is 11.9. The van der Waals surface area contributed by atoms with Gasteiger partial charge in [-0.15, -0.1) is 0 Å². The Morgan fingerprint density at radius 1 is 1.39 bits per heavy atom. The fourth-order valence-electron chi connectivity index (χ4n) is 1.64. The Balaban J connectivity index is 2.43. The summed E-state index contributed by atoms with van der Waals surface area (Å²) >= 11 is 0. The minimum absolute atomic E-state index is 0.00838. The van der Waals surface area contributed by atoms with E-state index in [1.807, 2.05) is 0 Å². The number of nitrogens with two attached hydrogens (primary N) is 1. The fourth-order valence-corrected chi connectivity index (χ4v) is 1.64. The van der Waals surface area contributed by atoms with Crippen molar-refractivity contribution >= 4 is 11.8 Å². The molecule has 1 heterocycles. The second-order valence-corrected chi connectivity index (χ2v) is 3.71. The van der Waals surface area contributed by atoms with Crippen LogP contribution in [0.15, 0.2) is 29.1 Å². The Morgan fingerprint density at radius 2 is 2.00 bits per heavy atom. The number of carbonyl (C=O) groups is 1. The molecule has 18 heavy (non-hydrogen) atoms. The molecule has 0 radical (unpaired) electrons. The first-order chi connectivity index (χ1) is 8.49. The summed E-state index contributed by atoms with van der Waals surface area (Å²) < 4.78 is 13.7. The third-order valence-electron chi connectivity index (χ3n) is 2.47. The monoisotopic (exact) mass is 251 g/mol. The number of aromatic amines is 1. The molecule has 0 bridgehead atoms. The molecule has 2 rings (SSSR count). The van der Waals surface area contributed by atoms with E-state index in [2.05, 4.69) is 4.98 Å². The highest BCUT2D eigenvalue weighted by atomic mass is 19.1. The van der Waals surface area contributed by atoms with Gasteiger partial charge in [-0.25, -0.2) is 14.0 Å². The third kappa shape index (κ3) is 2.10. The van der Waals surface area contributed by atoms with Gasteiger partial charge in [0.25, 0.3) is 0 Å². The molecule has 0 amide bonds. The molecule has 0 aliphatic heterocycles. The van der Waals surface area contributed by atoms with Gasteiger partial charge >= 0.3 is 11.7 Å². The first-order valence-corrected chi connectivity index (χ1v) is 5.05. The molecule has 1 aromatic heterocycles. The van der Waals surface area contributed by atoms with Crippen molar-refractivity contribution in [3.05, 3.63) is 51.8 Å². The van der Waals surface area contributed by atoms with Crippen LogP contribution in [0.4, 0.5) is 10.2 Å². The SMILES string of the molecule is Nc1[nH]c(=O)n(Cc2ccc(F)cc2)c1C(=O)O. The third-order valence-corrected chi connectivity index (χ3v) is 2.47. The number of rotatable bonds is 3. The summed E-state index contributed by atoms with van der Waals surface area (Å²) in [5.41, 5.74) is 5.08. The zero-order valence-electron chi connectivity index (χ0n) is 9.18. The number of aromatic carboxylic acids is 1. The lowest BCUT2D eigenvalue weighted by molar-refractivity contribution is 0.0686. The van der Waals surface area contributed by atoms with Crippen molar-refractivity contribution in [1.29, 1.82) is 0 Å². The number of halogens is 1. The second-order valence-electron chi connectivity index (χ2n) is 3.71. The minimum Gasteiger partial charge on any atom is -0.476 e. The van der Waals surface area contributed by atoms with Gasteiger partial charge in [-0.1, -0.05) is 12.1 Å². The summed E-state index contributed by atoms with van der Waals surface area (Å²) in [6, 6.07) is 5.40. The Morgan fingerprint density at radius 3 is 2.56 bits per heavy atom. The average Bonchev–Trinajstić information content (AvgIpc) is 2.57. The number of nitrogens with zero attached hydrogens (tertiary/aromatic N) is 1. The molecule has 4 N–H and O–H groups in total. The summed E-state index contributed by atoms with van der Waals surface area (Å²) in [5, 5.41) is 8.96. The highest BCUT2D eigenvalue weighted by Crippen LogP contribution is 2.10. The van der Waals surface area contributed by atoms with Gasteiger partial charge in [0.2, 0.25) is 0 Å². The molecule has 0 spiro atoms. The number of hydrogen-bond acceptors (Lipinski definition) is 3. The standard InChI is InChI=1S/C11H10FN3O3/c12-7-3-1-6(2-4-7)5-15-8(10(16)17)9(13)14-11(15)18/h1-4H,5,13H2,(H,14,18)(H,16,17). The van der Waals surface area contributed by atoms with E-state index >= 15 is 0 Å². The van der Waals surface area contributed by atoms with Gasteiger partial charge < -0.3 is 10.8 Å². The molecule has 7 heteroatoms. The normalized spacial score (nSPS) is 10.5.